The van der Waals surface area contributed by atoms with E-state index in [1.165, 1.54) is 0 Å². The van der Waals surface area contributed by atoms with Gasteiger partial charge in [0.15, 0.2) is 11.4 Å². The van der Waals surface area contributed by atoms with Crippen LogP contribution in [0.2, 0.25) is 0 Å². The first-order valence-electron chi connectivity index (χ1n) is 12.2. The fraction of sp³-hybridized carbons (Fsp3) is 0. The number of pyridine rings is 4. The van der Waals surface area contributed by atoms with Gasteiger partial charge in [0.25, 0.3) is 5.84 Å². The Labute approximate surface area is 218 Å². The lowest BCUT2D eigenvalue weighted by molar-refractivity contribution is 0.601. The van der Waals surface area contributed by atoms with E-state index in [0.29, 0.717) is 11.5 Å². The Bertz CT molecular complexity index is 1750. The summed E-state index contributed by atoms with van der Waals surface area (Å²) in [4.78, 5) is 23.0. The molecule has 0 N–H and O–H groups in total. The van der Waals surface area contributed by atoms with Crippen molar-refractivity contribution in [2.45, 2.75) is 0 Å². The summed E-state index contributed by atoms with van der Waals surface area (Å²) in [5.41, 5.74) is 5.22. The highest BCUT2D eigenvalue weighted by molar-refractivity contribution is 6.21. The SMILES string of the molecule is c1ccc(C2=N[N+](c3cccnc3)(c3cccnc3)C(c3ccc(-n4ccc5cccnc54)cc3)=N2)nc1. The minimum Gasteiger partial charge on any atom is -0.301 e. The van der Waals surface area contributed by atoms with E-state index in [1.54, 1.807) is 18.6 Å². The highest BCUT2D eigenvalue weighted by Crippen LogP contribution is 2.40. The lowest BCUT2D eigenvalue weighted by Crippen LogP contribution is -2.43. The molecule has 8 nitrogen and oxygen atoms in total. The van der Waals surface area contributed by atoms with Gasteiger partial charge in [-0.2, -0.15) is 4.99 Å². The van der Waals surface area contributed by atoms with Crippen LogP contribution >= 0.6 is 0 Å². The average Bonchev–Trinajstić information content (AvgIpc) is 3.62. The summed E-state index contributed by atoms with van der Waals surface area (Å²) < 4.78 is 2.07. The zero-order chi connectivity index (χ0) is 25.4. The van der Waals surface area contributed by atoms with Gasteiger partial charge in [0.1, 0.15) is 11.3 Å². The third-order valence-electron chi connectivity index (χ3n) is 6.55. The second-order valence-electron chi connectivity index (χ2n) is 8.78. The summed E-state index contributed by atoms with van der Waals surface area (Å²) in [6.45, 7) is 0. The molecule has 0 unspecified atom stereocenters. The van der Waals surface area contributed by atoms with E-state index in [9.17, 15) is 0 Å². The summed E-state index contributed by atoms with van der Waals surface area (Å²) in [6.07, 6.45) is 12.7. The van der Waals surface area contributed by atoms with Crippen molar-refractivity contribution in [3.8, 4) is 5.69 Å². The molecule has 1 aliphatic heterocycles. The molecule has 1 aromatic carbocycles. The fourth-order valence-corrected chi connectivity index (χ4v) is 4.78. The Morgan fingerprint density at radius 2 is 1.37 bits per heavy atom. The van der Waals surface area contributed by atoms with Crippen LogP contribution in [-0.2, 0) is 0 Å². The maximum Gasteiger partial charge on any atom is 0.274 e. The van der Waals surface area contributed by atoms with Gasteiger partial charge in [-0.3, -0.25) is 15.0 Å². The number of aliphatic imine (C=N–C) groups is 1. The molecule has 0 aliphatic carbocycles. The molecule has 38 heavy (non-hydrogen) atoms. The zero-order valence-electron chi connectivity index (χ0n) is 20.2. The van der Waals surface area contributed by atoms with Crippen LogP contribution in [0, 0.1) is 0 Å². The molecule has 0 spiro atoms. The first-order valence-corrected chi connectivity index (χ1v) is 12.2. The average molecular weight is 494 g/mol. The van der Waals surface area contributed by atoms with Gasteiger partial charge < -0.3 is 4.57 Å². The molecular formula is C30H21N8+. The van der Waals surface area contributed by atoms with Gasteiger partial charge in [-0.1, -0.05) is 10.7 Å². The number of hydrogen-bond donors (Lipinski definition) is 0. The Hall–Kier alpha value is -5.34. The Kier molecular flexibility index (Phi) is 5.16. The monoisotopic (exact) mass is 493 g/mol. The van der Waals surface area contributed by atoms with Crippen LogP contribution in [0.25, 0.3) is 16.7 Å². The molecule has 5 aromatic heterocycles. The smallest absolute Gasteiger partial charge is 0.274 e. The van der Waals surface area contributed by atoms with E-state index in [0.717, 1.165) is 39.5 Å². The van der Waals surface area contributed by atoms with E-state index in [4.69, 9.17) is 10.1 Å². The Balaban J connectivity index is 1.42. The van der Waals surface area contributed by atoms with Crippen molar-refractivity contribution in [1.82, 2.24) is 29.1 Å². The minimum atomic E-state index is -0.0130. The van der Waals surface area contributed by atoms with Crippen molar-refractivity contribution in [3.63, 3.8) is 0 Å². The van der Waals surface area contributed by atoms with Gasteiger partial charge in [-0.05, 0) is 71.8 Å². The predicted molar refractivity (Wildman–Crippen MR) is 148 cm³/mol. The quantitative estimate of drug-likeness (QED) is 0.290. The van der Waals surface area contributed by atoms with Crippen molar-refractivity contribution in [3.05, 3.63) is 140 Å². The van der Waals surface area contributed by atoms with Crippen molar-refractivity contribution in [2.24, 2.45) is 10.1 Å². The molecule has 6 heterocycles. The predicted octanol–water partition coefficient (Wildman–Crippen LogP) is 5.67. The van der Waals surface area contributed by atoms with E-state index < -0.39 is 0 Å². The van der Waals surface area contributed by atoms with Crippen LogP contribution in [0.1, 0.15) is 11.3 Å². The van der Waals surface area contributed by atoms with E-state index >= 15 is 0 Å². The first kappa shape index (κ1) is 21.9. The number of quaternary nitrogens is 1. The largest absolute Gasteiger partial charge is 0.301 e. The molecule has 1 aliphatic rings. The zero-order valence-corrected chi connectivity index (χ0v) is 20.2. The van der Waals surface area contributed by atoms with Crippen molar-refractivity contribution in [1.29, 1.82) is 0 Å². The van der Waals surface area contributed by atoms with Gasteiger partial charge in [0.2, 0.25) is 5.84 Å². The third-order valence-corrected chi connectivity index (χ3v) is 6.55. The van der Waals surface area contributed by atoms with Crippen molar-refractivity contribution >= 4 is 34.1 Å². The highest BCUT2D eigenvalue weighted by atomic mass is 15.7. The van der Waals surface area contributed by atoms with Gasteiger partial charge in [0.05, 0.1) is 18.0 Å². The second-order valence-corrected chi connectivity index (χ2v) is 8.78. The normalized spacial score (nSPS) is 14.3. The molecule has 0 bridgehead atoms. The number of benzene rings is 1. The molecule has 180 valence electrons. The number of nitrogens with zero attached hydrogens (tertiary/aromatic N) is 8. The molecule has 7 rings (SSSR count). The molecule has 0 saturated carbocycles. The van der Waals surface area contributed by atoms with Crippen LogP contribution in [0.4, 0.5) is 11.4 Å². The highest BCUT2D eigenvalue weighted by Gasteiger charge is 2.47. The number of hydrogen-bond acceptors (Lipinski definition) is 6. The molecule has 0 saturated heterocycles. The first-order chi connectivity index (χ1) is 18.8. The van der Waals surface area contributed by atoms with Crippen LogP contribution < -0.4 is 4.59 Å². The summed E-state index contributed by atoms with van der Waals surface area (Å²) in [6, 6.07) is 27.9. The number of amidine groups is 2. The molecule has 0 atom stereocenters. The van der Waals surface area contributed by atoms with Crippen molar-refractivity contribution < 1.29 is 0 Å². The van der Waals surface area contributed by atoms with Gasteiger partial charge >= 0.3 is 0 Å². The minimum absolute atomic E-state index is 0.0130. The third kappa shape index (κ3) is 3.51. The van der Waals surface area contributed by atoms with Crippen LogP contribution in [0.3, 0.4) is 0 Å². The molecule has 6 aromatic rings. The van der Waals surface area contributed by atoms with Crippen LogP contribution in [-0.4, -0.2) is 36.2 Å². The summed E-state index contributed by atoms with van der Waals surface area (Å²) >= 11 is 0. The van der Waals surface area contributed by atoms with Gasteiger partial charge in [-0.15, -0.1) is 0 Å². The maximum absolute atomic E-state index is 5.19. The molecule has 8 heteroatoms. The lowest BCUT2D eigenvalue weighted by atomic mass is 10.1. The molecule has 0 amide bonds. The fourth-order valence-electron chi connectivity index (χ4n) is 4.78. The van der Waals surface area contributed by atoms with E-state index in [-0.39, 0.29) is 4.59 Å². The van der Waals surface area contributed by atoms with Gasteiger partial charge in [-0.25, -0.2) is 4.98 Å². The maximum atomic E-state index is 5.19. The topological polar surface area (TPSA) is 81.2 Å². The molecule has 0 radical (unpaired) electrons. The van der Waals surface area contributed by atoms with E-state index in [1.807, 2.05) is 73.3 Å². The molecular weight excluding hydrogens is 472 g/mol. The second kappa shape index (κ2) is 8.95. The van der Waals surface area contributed by atoms with Crippen molar-refractivity contribution in [2.75, 3.05) is 0 Å². The van der Waals surface area contributed by atoms with E-state index in [2.05, 4.69) is 60.9 Å². The van der Waals surface area contributed by atoms with Crippen LogP contribution in [0.15, 0.2) is 138 Å². The number of aromatic nitrogens is 5. The van der Waals surface area contributed by atoms with Crippen LogP contribution in [0.5, 0.6) is 0 Å². The Morgan fingerprint density at radius 3 is 2.05 bits per heavy atom. The Morgan fingerprint density at radius 1 is 0.632 bits per heavy atom. The lowest BCUT2D eigenvalue weighted by Gasteiger charge is -2.27. The standard InChI is InChI=1S/C30H21N8/c1-2-17-33-27(9-1)28-35-30(38(36-28,25-7-4-15-31-20-25)26-8-5-16-32-21-26)23-10-12-24(13-11-23)37-19-14-22-6-3-18-34-29(22)37/h1-21H/q+1. The molecule has 0 fully saturated rings. The summed E-state index contributed by atoms with van der Waals surface area (Å²) in [5, 5.41) is 6.29. The summed E-state index contributed by atoms with van der Waals surface area (Å²) in [7, 11) is 0. The summed E-state index contributed by atoms with van der Waals surface area (Å²) in [5.74, 6) is 1.27. The number of fused-ring (bicyclic) bond motifs is 1. The van der Waals surface area contributed by atoms with Gasteiger partial charge in [0, 0.05) is 54.2 Å². The number of rotatable bonds is 5.